The van der Waals surface area contributed by atoms with Gasteiger partial charge in [0, 0.05) is 19.1 Å². The van der Waals surface area contributed by atoms with Crippen LogP contribution in [-0.2, 0) is 6.54 Å². The Morgan fingerprint density at radius 2 is 2.33 bits per heavy atom. The van der Waals surface area contributed by atoms with Crippen molar-refractivity contribution in [1.29, 1.82) is 0 Å². The molecular weight excluding hydrogens is 246 g/mol. The molecule has 1 N–H and O–H groups in total. The molecule has 0 aliphatic carbocycles. The number of nitrogens with one attached hydrogen (secondary N) is 1. The van der Waals surface area contributed by atoms with E-state index in [1.807, 2.05) is 12.1 Å². The third-order valence-electron chi connectivity index (χ3n) is 3.47. The van der Waals surface area contributed by atoms with Gasteiger partial charge in [-0.1, -0.05) is 18.5 Å². The largest absolute Gasteiger partial charge is 0.354 e. The summed E-state index contributed by atoms with van der Waals surface area (Å²) in [5, 5.41) is 4.11. The molecular formula is C14H22ClN3. The molecule has 0 radical (unpaired) electrons. The maximum atomic E-state index is 6.20. The van der Waals surface area contributed by atoms with Crippen LogP contribution in [0.4, 0.5) is 5.82 Å². The Hall–Kier alpha value is -0.800. The monoisotopic (exact) mass is 267 g/mol. The maximum Gasteiger partial charge on any atom is 0.129 e. The van der Waals surface area contributed by atoms with Crippen LogP contribution in [0, 0.1) is 0 Å². The van der Waals surface area contributed by atoms with Crippen molar-refractivity contribution >= 4 is 17.4 Å². The van der Waals surface area contributed by atoms with Crippen molar-refractivity contribution in [1.82, 2.24) is 10.3 Å². The number of hydrogen-bond acceptors (Lipinski definition) is 3. The standard InChI is InChI=1S/C14H22ClN3/c1-3-8-16-10-13-12(15)6-7-14(17-13)18-9-4-5-11(18)2/h6-7,11,16H,3-5,8-10H2,1-2H3. The van der Waals surface area contributed by atoms with Gasteiger partial charge in [0.1, 0.15) is 5.82 Å². The summed E-state index contributed by atoms with van der Waals surface area (Å²) in [5.74, 6) is 1.07. The normalized spacial score (nSPS) is 19.5. The Balaban J connectivity index is 2.10. The van der Waals surface area contributed by atoms with Gasteiger partial charge < -0.3 is 10.2 Å². The van der Waals surface area contributed by atoms with E-state index >= 15 is 0 Å². The van der Waals surface area contributed by atoms with Crippen molar-refractivity contribution < 1.29 is 0 Å². The summed E-state index contributed by atoms with van der Waals surface area (Å²) < 4.78 is 0. The first-order valence-electron chi connectivity index (χ1n) is 6.85. The molecule has 0 spiro atoms. The van der Waals surface area contributed by atoms with Crippen molar-refractivity contribution in [3.8, 4) is 0 Å². The number of hydrogen-bond donors (Lipinski definition) is 1. The Bertz CT molecular complexity index is 395. The zero-order chi connectivity index (χ0) is 13.0. The second-order valence-electron chi connectivity index (χ2n) is 4.96. The maximum absolute atomic E-state index is 6.20. The first-order chi connectivity index (χ1) is 8.72. The van der Waals surface area contributed by atoms with E-state index in [1.54, 1.807) is 0 Å². The van der Waals surface area contributed by atoms with Crippen LogP contribution in [0.25, 0.3) is 0 Å². The smallest absolute Gasteiger partial charge is 0.129 e. The van der Waals surface area contributed by atoms with E-state index in [4.69, 9.17) is 16.6 Å². The van der Waals surface area contributed by atoms with Gasteiger partial charge in [0.2, 0.25) is 0 Å². The van der Waals surface area contributed by atoms with Crippen LogP contribution in [0.2, 0.25) is 5.02 Å². The highest BCUT2D eigenvalue weighted by Crippen LogP contribution is 2.26. The van der Waals surface area contributed by atoms with Crippen LogP contribution in [-0.4, -0.2) is 24.1 Å². The number of rotatable bonds is 5. The summed E-state index contributed by atoms with van der Waals surface area (Å²) >= 11 is 6.20. The van der Waals surface area contributed by atoms with Crippen LogP contribution in [0.5, 0.6) is 0 Å². The highest BCUT2D eigenvalue weighted by molar-refractivity contribution is 6.31. The van der Waals surface area contributed by atoms with Gasteiger partial charge in [-0.05, 0) is 44.9 Å². The van der Waals surface area contributed by atoms with Gasteiger partial charge in [-0.3, -0.25) is 0 Å². The number of nitrogens with zero attached hydrogens (tertiary/aromatic N) is 2. The van der Waals surface area contributed by atoms with Crippen LogP contribution in [0.3, 0.4) is 0 Å². The van der Waals surface area contributed by atoms with Gasteiger partial charge in [-0.2, -0.15) is 0 Å². The predicted octanol–water partition coefficient (Wildman–Crippen LogP) is 3.22. The third kappa shape index (κ3) is 3.15. The Kier molecular flexibility index (Phi) is 4.84. The number of anilines is 1. The van der Waals surface area contributed by atoms with Crippen LogP contribution < -0.4 is 10.2 Å². The lowest BCUT2D eigenvalue weighted by Crippen LogP contribution is -2.27. The van der Waals surface area contributed by atoms with E-state index in [1.165, 1.54) is 12.8 Å². The van der Waals surface area contributed by atoms with Gasteiger partial charge in [-0.15, -0.1) is 0 Å². The average Bonchev–Trinajstić information content (AvgIpc) is 2.78. The minimum absolute atomic E-state index is 0.593. The Morgan fingerprint density at radius 3 is 3.00 bits per heavy atom. The molecule has 1 atom stereocenters. The summed E-state index contributed by atoms with van der Waals surface area (Å²) in [4.78, 5) is 7.08. The second kappa shape index (κ2) is 6.39. The van der Waals surface area contributed by atoms with Crippen molar-refractivity contribution in [2.24, 2.45) is 0 Å². The quantitative estimate of drug-likeness (QED) is 0.831. The first kappa shape index (κ1) is 13.6. The highest BCUT2D eigenvalue weighted by Gasteiger charge is 2.21. The highest BCUT2D eigenvalue weighted by atomic mass is 35.5. The molecule has 1 saturated heterocycles. The zero-order valence-electron chi connectivity index (χ0n) is 11.2. The Morgan fingerprint density at radius 1 is 1.50 bits per heavy atom. The molecule has 1 aromatic rings. The molecule has 0 aromatic carbocycles. The van der Waals surface area contributed by atoms with Gasteiger partial charge in [-0.25, -0.2) is 4.98 Å². The molecule has 2 rings (SSSR count). The molecule has 100 valence electrons. The zero-order valence-corrected chi connectivity index (χ0v) is 12.0. The summed E-state index contributed by atoms with van der Waals surface area (Å²) in [6.45, 7) is 7.28. The van der Waals surface area contributed by atoms with E-state index in [0.717, 1.165) is 42.6 Å². The fourth-order valence-corrected chi connectivity index (χ4v) is 2.59. The van der Waals surface area contributed by atoms with E-state index < -0.39 is 0 Å². The number of aromatic nitrogens is 1. The predicted molar refractivity (Wildman–Crippen MR) is 77.3 cm³/mol. The molecule has 1 unspecified atom stereocenters. The topological polar surface area (TPSA) is 28.2 Å². The van der Waals surface area contributed by atoms with E-state index in [2.05, 4.69) is 24.1 Å². The molecule has 2 heterocycles. The summed E-state index contributed by atoms with van der Waals surface area (Å²) in [5.41, 5.74) is 0.960. The van der Waals surface area contributed by atoms with Gasteiger partial charge in [0.05, 0.1) is 10.7 Å². The molecule has 0 saturated carbocycles. The lowest BCUT2D eigenvalue weighted by molar-refractivity contribution is 0.661. The van der Waals surface area contributed by atoms with Crippen LogP contribution in [0.15, 0.2) is 12.1 Å². The summed E-state index contributed by atoms with van der Waals surface area (Å²) in [6, 6.07) is 4.60. The first-order valence-corrected chi connectivity index (χ1v) is 7.23. The third-order valence-corrected chi connectivity index (χ3v) is 3.81. The fourth-order valence-electron chi connectivity index (χ4n) is 2.41. The molecule has 1 aliphatic heterocycles. The van der Waals surface area contributed by atoms with Gasteiger partial charge in [0.15, 0.2) is 0 Å². The van der Waals surface area contributed by atoms with E-state index in [-0.39, 0.29) is 0 Å². The fraction of sp³-hybridized carbons (Fsp3) is 0.643. The molecule has 0 amide bonds. The van der Waals surface area contributed by atoms with Crippen LogP contribution in [0.1, 0.15) is 38.8 Å². The Labute approximate surface area is 115 Å². The van der Waals surface area contributed by atoms with Crippen LogP contribution >= 0.6 is 11.6 Å². The number of halogens is 1. The summed E-state index contributed by atoms with van der Waals surface area (Å²) in [7, 11) is 0. The molecule has 1 aromatic heterocycles. The van der Waals surface area contributed by atoms with E-state index in [9.17, 15) is 0 Å². The van der Waals surface area contributed by atoms with Crippen molar-refractivity contribution in [2.75, 3.05) is 18.0 Å². The lowest BCUT2D eigenvalue weighted by atomic mass is 10.2. The summed E-state index contributed by atoms with van der Waals surface area (Å²) in [6.07, 6.45) is 3.64. The molecule has 18 heavy (non-hydrogen) atoms. The van der Waals surface area contributed by atoms with Crippen molar-refractivity contribution in [3.05, 3.63) is 22.8 Å². The number of pyridine rings is 1. The molecule has 3 nitrogen and oxygen atoms in total. The SMILES string of the molecule is CCCNCc1nc(N2CCCC2C)ccc1Cl. The second-order valence-corrected chi connectivity index (χ2v) is 5.37. The molecule has 0 bridgehead atoms. The van der Waals surface area contributed by atoms with Gasteiger partial charge in [0.25, 0.3) is 0 Å². The van der Waals surface area contributed by atoms with Gasteiger partial charge >= 0.3 is 0 Å². The minimum Gasteiger partial charge on any atom is -0.354 e. The van der Waals surface area contributed by atoms with Crippen molar-refractivity contribution in [3.63, 3.8) is 0 Å². The lowest BCUT2D eigenvalue weighted by Gasteiger charge is -2.23. The van der Waals surface area contributed by atoms with E-state index in [0.29, 0.717) is 6.04 Å². The average molecular weight is 268 g/mol. The minimum atomic E-state index is 0.593. The van der Waals surface area contributed by atoms with Crippen molar-refractivity contribution in [2.45, 2.75) is 45.7 Å². The molecule has 1 fully saturated rings. The molecule has 1 aliphatic rings. The molecule has 4 heteroatoms.